The molecule has 0 aliphatic heterocycles. The van der Waals surface area contributed by atoms with E-state index in [0.29, 0.717) is 0 Å². The Morgan fingerprint density at radius 3 is 1.58 bits per heavy atom. The SMILES string of the molecule is CCOCCC=CCCOCC. The van der Waals surface area contributed by atoms with Crippen LogP contribution < -0.4 is 0 Å². The average molecular weight is 172 g/mol. The quantitative estimate of drug-likeness (QED) is 0.413. The van der Waals surface area contributed by atoms with Gasteiger partial charge in [-0.05, 0) is 26.7 Å². The average Bonchev–Trinajstić information content (AvgIpc) is 2.10. The maximum Gasteiger partial charge on any atom is 0.0500 e. The van der Waals surface area contributed by atoms with E-state index in [9.17, 15) is 0 Å². The molecule has 0 aromatic carbocycles. The second-order valence-corrected chi connectivity index (χ2v) is 2.44. The monoisotopic (exact) mass is 172 g/mol. The van der Waals surface area contributed by atoms with Crippen LogP contribution in [0.4, 0.5) is 0 Å². The van der Waals surface area contributed by atoms with Gasteiger partial charge in [0.2, 0.25) is 0 Å². The predicted octanol–water partition coefficient (Wildman–Crippen LogP) is 2.40. The third kappa shape index (κ3) is 9.66. The highest BCUT2D eigenvalue weighted by atomic mass is 16.5. The summed E-state index contributed by atoms with van der Waals surface area (Å²) >= 11 is 0. The number of rotatable bonds is 8. The largest absolute Gasteiger partial charge is 0.381 e. The smallest absolute Gasteiger partial charge is 0.0500 e. The van der Waals surface area contributed by atoms with E-state index in [4.69, 9.17) is 9.47 Å². The molecular weight excluding hydrogens is 152 g/mol. The van der Waals surface area contributed by atoms with Gasteiger partial charge in [0.05, 0.1) is 0 Å². The molecule has 0 saturated heterocycles. The van der Waals surface area contributed by atoms with Gasteiger partial charge in [0, 0.05) is 26.4 Å². The van der Waals surface area contributed by atoms with Gasteiger partial charge in [-0.25, -0.2) is 0 Å². The van der Waals surface area contributed by atoms with Crippen LogP contribution >= 0.6 is 0 Å². The first-order chi connectivity index (χ1) is 5.91. The number of ether oxygens (including phenoxy) is 2. The zero-order chi connectivity index (χ0) is 9.07. The third-order valence-corrected chi connectivity index (χ3v) is 1.43. The molecule has 0 aliphatic rings. The fourth-order valence-corrected chi connectivity index (χ4v) is 0.827. The van der Waals surface area contributed by atoms with Crippen molar-refractivity contribution >= 4 is 0 Å². The van der Waals surface area contributed by atoms with E-state index in [1.54, 1.807) is 0 Å². The summed E-state index contributed by atoms with van der Waals surface area (Å²) in [5.74, 6) is 0. The van der Waals surface area contributed by atoms with E-state index in [-0.39, 0.29) is 0 Å². The fourth-order valence-electron chi connectivity index (χ4n) is 0.827. The Bertz CT molecular complexity index is 88.0. The van der Waals surface area contributed by atoms with E-state index < -0.39 is 0 Å². The third-order valence-electron chi connectivity index (χ3n) is 1.43. The molecule has 2 heteroatoms. The van der Waals surface area contributed by atoms with Crippen molar-refractivity contribution in [2.45, 2.75) is 26.7 Å². The minimum absolute atomic E-state index is 0.812. The second kappa shape index (κ2) is 10.7. The molecule has 0 aromatic rings. The van der Waals surface area contributed by atoms with Gasteiger partial charge >= 0.3 is 0 Å². The number of hydrogen-bond acceptors (Lipinski definition) is 2. The van der Waals surface area contributed by atoms with Gasteiger partial charge in [0.25, 0.3) is 0 Å². The molecule has 0 aliphatic carbocycles. The van der Waals surface area contributed by atoms with Crippen molar-refractivity contribution in [1.82, 2.24) is 0 Å². The second-order valence-electron chi connectivity index (χ2n) is 2.44. The van der Waals surface area contributed by atoms with Crippen LogP contribution in [0.5, 0.6) is 0 Å². The van der Waals surface area contributed by atoms with Crippen molar-refractivity contribution in [3.8, 4) is 0 Å². The summed E-state index contributed by atoms with van der Waals surface area (Å²) in [5, 5.41) is 0. The summed E-state index contributed by atoms with van der Waals surface area (Å²) in [6.45, 7) is 7.32. The van der Waals surface area contributed by atoms with Crippen LogP contribution in [0.3, 0.4) is 0 Å². The van der Waals surface area contributed by atoms with E-state index in [0.717, 1.165) is 39.3 Å². The Labute approximate surface area is 75.6 Å². The van der Waals surface area contributed by atoms with Crippen LogP contribution in [0.1, 0.15) is 26.7 Å². The summed E-state index contributed by atoms with van der Waals surface area (Å²) in [7, 11) is 0. The van der Waals surface area contributed by atoms with Gasteiger partial charge in [-0.1, -0.05) is 12.2 Å². The van der Waals surface area contributed by atoms with Crippen LogP contribution in [-0.2, 0) is 9.47 Å². The molecule has 2 nitrogen and oxygen atoms in total. The molecule has 0 aromatic heterocycles. The summed E-state index contributed by atoms with van der Waals surface area (Å²) in [6, 6.07) is 0. The van der Waals surface area contributed by atoms with Crippen LogP contribution in [0.25, 0.3) is 0 Å². The maximum atomic E-state index is 5.18. The molecule has 0 amide bonds. The highest BCUT2D eigenvalue weighted by Gasteiger charge is 1.81. The Hall–Kier alpha value is -0.340. The lowest BCUT2D eigenvalue weighted by molar-refractivity contribution is 0.150. The maximum absolute atomic E-state index is 5.18. The first-order valence-electron chi connectivity index (χ1n) is 4.72. The zero-order valence-electron chi connectivity index (χ0n) is 8.21. The van der Waals surface area contributed by atoms with Gasteiger partial charge in [0.1, 0.15) is 0 Å². The van der Waals surface area contributed by atoms with Crippen molar-refractivity contribution in [3.63, 3.8) is 0 Å². The Morgan fingerprint density at radius 2 is 1.25 bits per heavy atom. The summed E-state index contributed by atoms with van der Waals surface area (Å²) < 4.78 is 10.4. The first-order valence-corrected chi connectivity index (χ1v) is 4.72. The summed E-state index contributed by atoms with van der Waals surface area (Å²) in [6.07, 6.45) is 6.32. The normalized spacial score (nSPS) is 11.2. The Kier molecular flexibility index (Phi) is 10.4. The van der Waals surface area contributed by atoms with Gasteiger partial charge in [-0.15, -0.1) is 0 Å². The molecule has 0 atom stereocenters. The standard InChI is InChI=1S/C10H20O2/c1-3-11-9-7-5-6-8-10-12-4-2/h5-6H,3-4,7-10H2,1-2H3. The Balaban J connectivity index is 2.93. The van der Waals surface area contributed by atoms with Gasteiger partial charge in [-0.2, -0.15) is 0 Å². The topological polar surface area (TPSA) is 18.5 Å². The molecule has 0 N–H and O–H groups in total. The molecule has 0 rings (SSSR count). The molecular formula is C10H20O2. The van der Waals surface area contributed by atoms with E-state index in [2.05, 4.69) is 12.2 Å². The first kappa shape index (κ1) is 11.7. The van der Waals surface area contributed by atoms with Crippen molar-refractivity contribution in [2.75, 3.05) is 26.4 Å². The highest BCUT2D eigenvalue weighted by molar-refractivity contribution is 4.81. The minimum Gasteiger partial charge on any atom is -0.381 e. The van der Waals surface area contributed by atoms with E-state index in [1.807, 2.05) is 13.8 Å². The molecule has 0 fully saturated rings. The Morgan fingerprint density at radius 1 is 0.833 bits per heavy atom. The number of hydrogen-bond donors (Lipinski definition) is 0. The van der Waals surface area contributed by atoms with Crippen LogP contribution in [0, 0.1) is 0 Å². The molecule has 0 bridgehead atoms. The predicted molar refractivity (Wildman–Crippen MR) is 51.4 cm³/mol. The van der Waals surface area contributed by atoms with Crippen molar-refractivity contribution in [3.05, 3.63) is 12.2 Å². The van der Waals surface area contributed by atoms with Crippen molar-refractivity contribution in [1.29, 1.82) is 0 Å². The fraction of sp³-hybridized carbons (Fsp3) is 0.800. The van der Waals surface area contributed by atoms with Crippen LogP contribution in [-0.4, -0.2) is 26.4 Å². The molecule has 0 unspecified atom stereocenters. The van der Waals surface area contributed by atoms with E-state index >= 15 is 0 Å². The molecule has 0 radical (unpaired) electrons. The minimum atomic E-state index is 0.812. The lowest BCUT2D eigenvalue weighted by Gasteiger charge is -1.96. The van der Waals surface area contributed by atoms with E-state index in [1.165, 1.54) is 0 Å². The van der Waals surface area contributed by atoms with Crippen molar-refractivity contribution < 1.29 is 9.47 Å². The molecule has 12 heavy (non-hydrogen) atoms. The van der Waals surface area contributed by atoms with Crippen LogP contribution in [0.15, 0.2) is 12.2 Å². The molecule has 0 saturated carbocycles. The van der Waals surface area contributed by atoms with Gasteiger partial charge in [0.15, 0.2) is 0 Å². The summed E-state index contributed by atoms with van der Waals surface area (Å²) in [4.78, 5) is 0. The molecule has 72 valence electrons. The van der Waals surface area contributed by atoms with Gasteiger partial charge < -0.3 is 9.47 Å². The lowest BCUT2D eigenvalue weighted by atomic mass is 10.3. The molecule has 0 heterocycles. The van der Waals surface area contributed by atoms with Gasteiger partial charge in [-0.3, -0.25) is 0 Å². The highest BCUT2D eigenvalue weighted by Crippen LogP contribution is 1.89. The van der Waals surface area contributed by atoms with Crippen molar-refractivity contribution in [2.24, 2.45) is 0 Å². The molecule has 0 spiro atoms. The summed E-state index contributed by atoms with van der Waals surface area (Å²) in [5.41, 5.74) is 0. The lowest BCUT2D eigenvalue weighted by Crippen LogP contribution is -1.92. The van der Waals surface area contributed by atoms with Crippen LogP contribution in [0.2, 0.25) is 0 Å². The zero-order valence-corrected chi connectivity index (χ0v) is 8.21.